The molecule has 20 heavy (non-hydrogen) atoms. The number of nitrogens with one attached hydrogen (secondary N) is 2. The summed E-state index contributed by atoms with van der Waals surface area (Å²) in [4.78, 5) is 13.7. The van der Waals surface area contributed by atoms with Gasteiger partial charge in [0.05, 0.1) is 6.54 Å². The number of carbonyl (C=O) groups excluding carboxylic acids is 1. The maximum absolute atomic E-state index is 12.0. The third-order valence-corrected chi connectivity index (χ3v) is 5.26. The molecule has 0 spiro atoms. The van der Waals surface area contributed by atoms with Crippen molar-refractivity contribution in [1.29, 1.82) is 0 Å². The number of piperazine rings is 1. The second-order valence-electron chi connectivity index (χ2n) is 4.92. The zero-order chi connectivity index (χ0) is 13.9. The number of hydrogen-bond donors (Lipinski definition) is 2. The van der Waals surface area contributed by atoms with Gasteiger partial charge in [0.25, 0.3) is 10.2 Å². The van der Waals surface area contributed by atoms with Crippen LogP contribution < -0.4 is 10.0 Å². The zero-order valence-corrected chi connectivity index (χ0v) is 13.3. The molecule has 2 N–H and O–H groups in total. The van der Waals surface area contributed by atoms with Gasteiger partial charge in [-0.2, -0.15) is 12.7 Å². The number of nitrogens with zero attached hydrogens (tertiary/aromatic N) is 2. The average Bonchev–Trinajstić information content (AvgIpc) is 2.39. The van der Waals surface area contributed by atoms with E-state index in [1.807, 2.05) is 4.90 Å². The summed E-state index contributed by atoms with van der Waals surface area (Å²) >= 11 is 0. The van der Waals surface area contributed by atoms with Gasteiger partial charge >= 0.3 is 0 Å². The van der Waals surface area contributed by atoms with Crippen LogP contribution in [0.4, 0.5) is 0 Å². The smallest absolute Gasteiger partial charge is 0.279 e. The summed E-state index contributed by atoms with van der Waals surface area (Å²) < 4.78 is 28.0. The number of carbonyl (C=O) groups is 1. The van der Waals surface area contributed by atoms with Gasteiger partial charge in [-0.15, -0.1) is 12.4 Å². The predicted octanol–water partition coefficient (Wildman–Crippen LogP) is -0.841. The molecule has 2 rings (SSSR count). The van der Waals surface area contributed by atoms with Crippen molar-refractivity contribution in [3.8, 4) is 0 Å². The summed E-state index contributed by atoms with van der Waals surface area (Å²) in [5.74, 6) is 0.0685. The highest BCUT2D eigenvalue weighted by Gasteiger charge is 2.33. The topological polar surface area (TPSA) is 81.8 Å². The van der Waals surface area contributed by atoms with Crippen LogP contribution in [-0.2, 0) is 15.0 Å². The molecule has 7 nitrogen and oxygen atoms in total. The fourth-order valence-electron chi connectivity index (χ4n) is 2.67. The van der Waals surface area contributed by atoms with Gasteiger partial charge in [-0.3, -0.25) is 4.79 Å². The minimum atomic E-state index is -3.39. The lowest BCUT2D eigenvalue weighted by atomic mass is 10.1. The van der Waals surface area contributed by atoms with Crippen LogP contribution in [0.3, 0.4) is 0 Å². The number of amides is 1. The highest BCUT2D eigenvalue weighted by molar-refractivity contribution is 7.87. The van der Waals surface area contributed by atoms with Crippen molar-refractivity contribution in [2.45, 2.75) is 25.8 Å². The molecule has 0 saturated carbocycles. The van der Waals surface area contributed by atoms with Gasteiger partial charge in [0, 0.05) is 38.8 Å². The molecule has 9 heteroatoms. The lowest BCUT2D eigenvalue weighted by Crippen LogP contribution is -2.58. The van der Waals surface area contributed by atoms with Crippen LogP contribution in [-0.4, -0.2) is 68.8 Å². The van der Waals surface area contributed by atoms with Crippen LogP contribution >= 0.6 is 12.4 Å². The fourth-order valence-corrected chi connectivity index (χ4v) is 3.96. The van der Waals surface area contributed by atoms with E-state index in [0.29, 0.717) is 32.7 Å². The third kappa shape index (κ3) is 4.05. The van der Waals surface area contributed by atoms with E-state index in [1.165, 1.54) is 4.31 Å². The molecule has 0 aromatic heterocycles. The summed E-state index contributed by atoms with van der Waals surface area (Å²) in [5, 5.41) is 3.03. The molecule has 0 aliphatic carbocycles. The molecule has 0 aromatic rings. The summed E-state index contributed by atoms with van der Waals surface area (Å²) in [6.07, 6.45) is 1.68. The third-order valence-electron chi connectivity index (χ3n) is 3.59. The van der Waals surface area contributed by atoms with Gasteiger partial charge in [-0.1, -0.05) is 6.92 Å². The predicted molar refractivity (Wildman–Crippen MR) is 79.0 cm³/mol. The second-order valence-corrected chi connectivity index (χ2v) is 6.68. The van der Waals surface area contributed by atoms with Crippen molar-refractivity contribution < 1.29 is 13.2 Å². The highest BCUT2D eigenvalue weighted by atomic mass is 35.5. The first-order chi connectivity index (χ1) is 9.04. The highest BCUT2D eigenvalue weighted by Crippen LogP contribution is 2.18. The van der Waals surface area contributed by atoms with E-state index in [9.17, 15) is 13.2 Å². The second kappa shape index (κ2) is 7.56. The lowest BCUT2D eigenvalue weighted by Gasteiger charge is -2.40. The van der Waals surface area contributed by atoms with E-state index in [1.54, 1.807) is 6.92 Å². The zero-order valence-electron chi connectivity index (χ0n) is 11.7. The van der Waals surface area contributed by atoms with Crippen molar-refractivity contribution in [1.82, 2.24) is 19.2 Å². The van der Waals surface area contributed by atoms with E-state index >= 15 is 0 Å². The Kier molecular flexibility index (Phi) is 6.67. The molecular weight excluding hydrogens is 304 g/mol. The van der Waals surface area contributed by atoms with E-state index in [-0.39, 0.29) is 24.4 Å². The molecule has 1 unspecified atom stereocenters. The molecule has 118 valence electrons. The maximum atomic E-state index is 12.0. The molecule has 1 atom stereocenters. The Labute approximate surface area is 126 Å². The standard InChI is InChI=1S/C11H22N4O3S.ClH/c1-2-13-19(17,18)14-6-3-4-10(9-14)15-7-5-12-8-11(15)16;/h10,12-13H,2-9H2,1H3;1H. The summed E-state index contributed by atoms with van der Waals surface area (Å²) in [7, 11) is -3.39. The van der Waals surface area contributed by atoms with Crippen LogP contribution in [0.2, 0.25) is 0 Å². The van der Waals surface area contributed by atoms with Gasteiger partial charge in [0.15, 0.2) is 0 Å². The SMILES string of the molecule is CCNS(=O)(=O)N1CCCC(N2CCNCC2=O)C1.Cl. The summed E-state index contributed by atoms with van der Waals surface area (Å²) in [6.45, 7) is 4.89. The first-order valence-corrected chi connectivity index (χ1v) is 8.23. The lowest BCUT2D eigenvalue weighted by molar-refractivity contribution is -0.135. The Morgan fingerprint density at radius 1 is 1.40 bits per heavy atom. The average molecular weight is 327 g/mol. The van der Waals surface area contributed by atoms with Gasteiger partial charge in [0.2, 0.25) is 5.91 Å². The minimum absolute atomic E-state index is 0. The molecule has 1 amide bonds. The maximum Gasteiger partial charge on any atom is 0.279 e. The van der Waals surface area contributed by atoms with Crippen molar-refractivity contribution in [3.05, 3.63) is 0 Å². The van der Waals surface area contributed by atoms with Crippen LogP contribution in [0, 0.1) is 0 Å². The summed E-state index contributed by atoms with van der Waals surface area (Å²) in [6, 6.07) is 0.0109. The van der Waals surface area contributed by atoms with E-state index in [0.717, 1.165) is 19.4 Å². The first-order valence-electron chi connectivity index (χ1n) is 6.79. The molecule has 2 aliphatic rings. The Bertz CT molecular complexity index is 431. The number of piperidine rings is 1. The first kappa shape index (κ1) is 17.6. The van der Waals surface area contributed by atoms with Crippen LogP contribution in [0.1, 0.15) is 19.8 Å². The monoisotopic (exact) mass is 326 g/mol. The largest absolute Gasteiger partial charge is 0.336 e. The van der Waals surface area contributed by atoms with Crippen molar-refractivity contribution in [2.75, 3.05) is 39.3 Å². The molecule has 2 aliphatic heterocycles. The van der Waals surface area contributed by atoms with E-state index in [2.05, 4.69) is 10.0 Å². The van der Waals surface area contributed by atoms with Crippen molar-refractivity contribution in [2.24, 2.45) is 0 Å². The molecule has 0 aromatic carbocycles. The van der Waals surface area contributed by atoms with Gasteiger partial charge < -0.3 is 10.2 Å². The van der Waals surface area contributed by atoms with Gasteiger partial charge in [0.1, 0.15) is 0 Å². The quantitative estimate of drug-likeness (QED) is 0.706. The fraction of sp³-hybridized carbons (Fsp3) is 0.909. The molecule has 0 radical (unpaired) electrons. The van der Waals surface area contributed by atoms with Crippen molar-refractivity contribution in [3.63, 3.8) is 0 Å². The normalized spacial score (nSPS) is 25.4. The Morgan fingerprint density at radius 2 is 2.15 bits per heavy atom. The number of hydrogen-bond acceptors (Lipinski definition) is 4. The van der Waals surface area contributed by atoms with Crippen molar-refractivity contribution >= 4 is 28.5 Å². The molecular formula is C11H23ClN4O3S. The molecule has 2 saturated heterocycles. The molecule has 2 fully saturated rings. The number of halogens is 1. The van der Waals surface area contributed by atoms with E-state index < -0.39 is 10.2 Å². The Morgan fingerprint density at radius 3 is 2.80 bits per heavy atom. The van der Waals surface area contributed by atoms with Crippen LogP contribution in [0.5, 0.6) is 0 Å². The van der Waals surface area contributed by atoms with Crippen LogP contribution in [0.25, 0.3) is 0 Å². The molecule has 2 heterocycles. The summed E-state index contributed by atoms with van der Waals surface area (Å²) in [5.41, 5.74) is 0. The van der Waals surface area contributed by atoms with E-state index in [4.69, 9.17) is 0 Å². The number of rotatable bonds is 4. The van der Waals surface area contributed by atoms with Gasteiger partial charge in [-0.25, -0.2) is 4.72 Å². The molecule has 0 bridgehead atoms. The van der Waals surface area contributed by atoms with Crippen LogP contribution in [0.15, 0.2) is 0 Å². The Hall–Kier alpha value is -0.410. The Balaban J connectivity index is 0.00000200. The van der Waals surface area contributed by atoms with Gasteiger partial charge in [-0.05, 0) is 12.8 Å². The minimum Gasteiger partial charge on any atom is -0.336 e.